The molecule has 1 N–H and O–H groups in total. The Kier molecular flexibility index (Phi) is 11.3. The second-order valence-electron chi connectivity index (χ2n) is 8.14. The highest BCUT2D eigenvalue weighted by molar-refractivity contribution is 5.94. The number of hydrogen-bond acceptors (Lipinski definition) is 4. The van der Waals surface area contributed by atoms with E-state index < -0.39 is 0 Å². The van der Waals surface area contributed by atoms with E-state index in [1.54, 1.807) is 0 Å². The van der Waals surface area contributed by atoms with Crippen LogP contribution in [0.4, 0.5) is 5.69 Å². The van der Waals surface area contributed by atoms with Crippen LogP contribution in [0.15, 0.2) is 24.3 Å². The molecule has 0 unspecified atom stereocenters. The van der Waals surface area contributed by atoms with Gasteiger partial charge in [-0.1, -0.05) is 6.92 Å². The van der Waals surface area contributed by atoms with Gasteiger partial charge in [0.1, 0.15) is 0 Å². The Morgan fingerprint density at radius 3 is 2.17 bits per heavy atom. The highest BCUT2D eigenvalue weighted by Crippen LogP contribution is 2.21. The van der Waals surface area contributed by atoms with E-state index >= 15 is 0 Å². The van der Waals surface area contributed by atoms with Crippen molar-refractivity contribution in [2.45, 2.75) is 52.1 Å². The average molecular weight is 445 g/mol. The monoisotopic (exact) mass is 444 g/mol. The van der Waals surface area contributed by atoms with Crippen molar-refractivity contribution in [3.63, 3.8) is 0 Å². The minimum Gasteiger partial charge on any atom is -0.369 e. The molecule has 0 spiro atoms. The molecule has 1 aromatic rings. The number of piperidine rings is 1. The molecule has 2 fully saturated rings. The van der Waals surface area contributed by atoms with Crippen molar-refractivity contribution in [1.29, 1.82) is 0 Å². The Morgan fingerprint density at radius 2 is 1.66 bits per heavy atom. The summed E-state index contributed by atoms with van der Waals surface area (Å²) >= 11 is 0. The highest BCUT2D eigenvalue weighted by atomic mass is 35.5. The number of carbonyl (C=O) groups excluding carboxylic acids is 1. The van der Waals surface area contributed by atoms with E-state index in [9.17, 15) is 4.79 Å². The molecule has 0 aromatic heterocycles. The van der Waals surface area contributed by atoms with E-state index in [0.717, 1.165) is 70.6 Å². The zero-order valence-electron chi connectivity index (χ0n) is 18.1. The lowest BCUT2D eigenvalue weighted by atomic mass is 10.0. The smallest absolute Gasteiger partial charge is 0.254 e. The summed E-state index contributed by atoms with van der Waals surface area (Å²) in [5.74, 6) is 0.194. The van der Waals surface area contributed by atoms with Crippen molar-refractivity contribution in [2.24, 2.45) is 0 Å². The number of anilines is 1. The maximum absolute atomic E-state index is 13.1. The van der Waals surface area contributed by atoms with Gasteiger partial charge in [-0.15, -0.1) is 24.8 Å². The fourth-order valence-corrected chi connectivity index (χ4v) is 4.29. The number of carbonyl (C=O) groups is 1. The molecule has 166 valence electrons. The molecule has 29 heavy (non-hydrogen) atoms. The summed E-state index contributed by atoms with van der Waals surface area (Å²) in [7, 11) is 0. The van der Waals surface area contributed by atoms with Crippen LogP contribution in [0.2, 0.25) is 0 Å². The normalized spacial score (nSPS) is 18.1. The van der Waals surface area contributed by atoms with Crippen LogP contribution in [0.3, 0.4) is 0 Å². The molecular weight excluding hydrogens is 407 g/mol. The molecule has 2 aliphatic heterocycles. The zero-order valence-corrected chi connectivity index (χ0v) is 19.7. The maximum atomic E-state index is 13.1. The Bertz CT molecular complexity index is 597. The molecule has 0 saturated carbocycles. The van der Waals surface area contributed by atoms with Gasteiger partial charge >= 0.3 is 0 Å². The first-order valence-electron chi connectivity index (χ1n) is 10.7. The molecule has 2 heterocycles. The third-order valence-corrected chi connectivity index (χ3v) is 6.00. The summed E-state index contributed by atoms with van der Waals surface area (Å²) in [4.78, 5) is 20.2. The van der Waals surface area contributed by atoms with Gasteiger partial charge in [0.25, 0.3) is 5.91 Å². The van der Waals surface area contributed by atoms with Crippen LogP contribution in [0, 0.1) is 0 Å². The second-order valence-corrected chi connectivity index (χ2v) is 8.14. The van der Waals surface area contributed by atoms with Crippen molar-refractivity contribution in [1.82, 2.24) is 15.1 Å². The first-order chi connectivity index (χ1) is 13.1. The van der Waals surface area contributed by atoms with Crippen LogP contribution in [-0.2, 0) is 0 Å². The van der Waals surface area contributed by atoms with Gasteiger partial charge < -0.3 is 15.1 Å². The van der Waals surface area contributed by atoms with Gasteiger partial charge in [0.2, 0.25) is 0 Å². The number of nitrogens with one attached hydrogen (secondary N) is 1. The van der Waals surface area contributed by atoms with E-state index in [-0.39, 0.29) is 30.7 Å². The van der Waals surface area contributed by atoms with Crippen LogP contribution >= 0.6 is 24.8 Å². The Morgan fingerprint density at radius 1 is 1.07 bits per heavy atom. The van der Waals surface area contributed by atoms with Gasteiger partial charge in [0.15, 0.2) is 0 Å². The third kappa shape index (κ3) is 6.74. The number of piperazine rings is 1. The summed E-state index contributed by atoms with van der Waals surface area (Å²) in [5.41, 5.74) is 2.06. The van der Waals surface area contributed by atoms with Gasteiger partial charge in [-0.05, 0) is 70.5 Å². The molecule has 0 aliphatic carbocycles. The maximum Gasteiger partial charge on any atom is 0.254 e. The zero-order chi connectivity index (χ0) is 19.2. The van der Waals surface area contributed by atoms with Crippen molar-refractivity contribution in [2.75, 3.05) is 50.7 Å². The highest BCUT2D eigenvalue weighted by Gasteiger charge is 2.26. The van der Waals surface area contributed by atoms with E-state index in [4.69, 9.17) is 0 Å². The second kappa shape index (κ2) is 12.6. The lowest BCUT2D eigenvalue weighted by Gasteiger charge is -2.38. The molecular formula is C22H38Cl2N4O. The molecule has 0 atom stereocenters. The topological polar surface area (TPSA) is 38.8 Å². The summed E-state index contributed by atoms with van der Waals surface area (Å²) < 4.78 is 0. The van der Waals surface area contributed by atoms with Crippen LogP contribution in [0.5, 0.6) is 0 Å². The number of hydrogen-bond donors (Lipinski definition) is 1. The summed E-state index contributed by atoms with van der Waals surface area (Å²) in [5, 5.41) is 3.40. The third-order valence-electron chi connectivity index (χ3n) is 6.00. The van der Waals surface area contributed by atoms with Crippen molar-refractivity contribution in [3.05, 3.63) is 29.8 Å². The minimum atomic E-state index is 0. The quantitative estimate of drug-likeness (QED) is 0.726. The van der Waals surface area contributed by atoms with E-state index in [0.29, 0.717) is 12.1 Å². The Balaban J connectivity index is 0.00000210. The van der Waals surface area contributed by atoms with E-state index in [1.165, 1.54) is 5.69 Å². The Labute approximate surface area is 189 Å². The van der Waals surface area contributed by atoms with Crippen molar-refractivity contribution in [3.8, 4) is 0 Å². The first-order valence-corrected chi connectivity index (χ1v) is 10.7. The van der Waals surface area contributed by atoms with Gasteiger partial charge in [-0.3, -0.25) is 9.69 Å². The largest absolute Gasteiger partial charge is 0.369 e. The van der Waals surface area contributed by atoms with Crippen LogP contribution < -0.4 is 10.2 Å². The average Bonchev–Trinajstić information content (AvgIpc) is 2.72. The molecule has 2 saturated heterocycles. The predicted octanol–water partition coefficient (Wildman–Crippen LogP) is 3.66. The molecule has 2 aliphatic rings. The SMILES string of the molecule is CCCN(C(=O)c1ccc(N2CCN(C(C)C)CC2)cc1)C1CCNCC1.Cl.Cl. The van der Waals surface area contributed by atoms with Crippen LogP contribution in [-0.4, -0.2) is 73.6 Å². The van der Waals surface area contributed by atoms with E-state index in [1.807, 2.05) is 12.1 Å². The van der Waals surface area contributed by atoms with Gasteiger partial charge in [-0.2, -0.15) is 0 Å². The van der Waals surface area contributed by atoms with Crippen LogP contribution in [0.1, 0.15) is 50.4 Å². The predicted molar refractivity (Wildman–Crippen MR) is 127 cm³/mol. The summed E-state index contributed by atoms with van der Waals surface area (Å²) in [6.07, 6.45) is 3.13. The molecule has 3 rings (SSSR count). The standard InChI is InChI=1S/C22H36N4O.2ClH/c1-4-13-26(21-9-11-23-12-10-21)22(27)19-5-7-20(8-6-19)25-16-14-24(15-17-25)18(2)3;;/h5-8,18,21,23H,4,9-17H2,1-3H3;2*1H. The molecule has 0 radical (unpaired) electrons. The molecule has 1 amide bonds. The minimum absolute atomic E-state index is 0. The molecule has 1 aromatic carbocycles. The molecule has 7 heteroatoms. The van der Waals surface area contributed by atoms with Gasteiger partial charge in [0.05, 0.1) is 0 Å². The fourth-order valence-electron chi connectivity index (χ4n) is 4.29. The summed E-state index contributed by atoms with van der Waals surface area (Å²) in [6, 6.07) is 9.30. The first kappa shape index (κ1) is 26.0. The number of halogens is 2. The van der Waals surface area contributed by atoms with Crippen molar-refractivity contribution >= 4 is 36.4 Å². The van der Waals surface area contributed by atoms with Gasteiger partial charge in [0, 0.05) is 56.1 Å². The number of nitrogens with zero attached hydrogens (tertiary/aromatic N) is 3. The fraction of sp³-hybridized carbons (Fsp3) is 0.682. The number of amides is 1. The van der Waals surface area contributed by atoms with Gasteiger partial charge in [-0.25, -0.2) is 0 Å². The molecule has 0 bridgehead atoms. The Hall–Kier alpha value is -1.01. The van der Waals surface area contributed by atoms with Crippen molar-refractivity contribution < 1.29 is 4.79 Å². The number of benzene rings is 1. The summed E-state index contributed by atoms with van der Waals surface area (Å²) in [6.45, 7) is 13.9. The number of rotatable bonds is 6. The molecule has 5 nitrogen and oxygen atoms in total. The van der Waals surface area contributed by atoms with E-state index in [2.05, 4.69) is 52.9 Å². The lowest BCUT2D eigenvalue weighted by molar-refractivity contribution is 0.0642. The van der Waals surface area contributed by atoms with Crippen LogP contribution in [0.25, 0.3) is 0 Å². The lowest BCUT2D eigenvalue weighted by Crippen LogP contribution is -2.49.